The minimum absolute atomic E-state index is 0.106. The smallest absolute Gasteiger partial charge is 0.410 e. The summed E-state index contributed by atoms with van der Waals surface area (Å²) in [7, 11) is -2.66. The van der Waals surface area contributed by atoms with Crippen LogP contribution in [0.2, 0.25) is 5.04 Å². The van der Waals surface area contributed by atoms with Crippen LogP contribution in [0.25, 0.3) is 0 Å². The van der Waals surface area contributed by atoms with Gasteiger partial charge in [0.25, 0.3) is 8.32 Å². The lowest BCUT2D eigenvalue weighted by atomic mass is 10.1. The highest BCUT2D eigenvalue weighted by Crippen LogP contribution is 2.37. The predicted octanol–water partition coefficient (Wildman–Crippen LogP) is 5.13. The van der Waals surface area contributed by atoms with Crippen molar-refractivity contribution in [1.82, 2.24) is 4.90 Å². The van der Waals surface area contributed by atoms with E-state index in [1.165, 1.54) is 10.4 Å². The third-order valence-electron chi connectivity index (χ3n) is 5.81. The van der Waals surface area contributed by atoms with E-state index in [-0.39, 0.29) is 17.2 Å². The van der Waals surface area contributed by atoms with Crippen LogP contribution in [0.15, 0.2) is 72.8 Å². The molecular formula is C27H37NO3Si. The lowest BCUT2D eigenvalue weighted by Gasteiger charge is -2.44. The Hall–Kier alpha value is -2.37. The topological polar surface area (TPSA) is 38.8 Å². The number of benzene rings is 2. The van der Waals surface area contributed by atoms with Gasteiger partial charge in [-0.1, -0.05) is 93.6 Å². The van der Waals surface area contributed by atoms with Crippen LogP contribution in [-0.2, 0) is 9.16 Å². The van der Waals surface area contributed by atoms with E-state index in [1.807, 2.05) is 37.8 Å². The van der Waals surface area contributed by atoms with Crippen LogP contribution < -0.4 is 10.4 Å². The van der Waals surface area contributed by atoms with Gasteiger partial charge >= 0.3 is 6.09 Å². The molecule has 1 amide bonds. The molecule has 2 aromatic rings. The number of carbonyl (C=O) groups is 1. The highest BCUT2D eigenvalue weighted by Gasteiger charge is 2.50. The number of hydrogen-bond acceptors (Lipinski definition) is 3. The highest BCUT2D eigenvalue weighted by atomic mass is 28.4. The van der Waals surface area contributed by atoms with Crippen LogP contribution in [-0.4, -0.2) is 44.1 Å². The van der Waals surface area contributed by atoms with Gasteiger partial charge in [0.2, 0.25) is 0 Å². The molecule has 172 valence electrons. The number of rotatable bonds is 5. The Morgan fingerprint density at radius 1 is 0.938 bits per heavy atom. The molecule has 3 rings (SSSR count). The van der Waals surface area contributed by atoms with Gasteiger partial charge in [0.1, 0.15) is 5.60 Å². The average Bonchev–Trinajstić information content (AvgIpc) is 2.74. The Labute approximate surface area is 194 Å². The maximum Gasteiger partial charge on any atom is 0.410 e. The van der Waals surface area contributed by atoms with Crippen LogP contribution >= 0.6 is 0 Å². The lowest BCUT2D eigenvalue weighted by molar-refractivity contribution is 0.0147. The first kappa shape index (κ1) is 24.3. The molecule has 0 radical (unpaired) electrons. The Morgan fingerprint density at radius 2 is 1.47 bits per heavy atom. The van der Waals surface area contributed by atoms with E-state index in [1.54, 1.807) is 0 Å². The fourth-order valence-electron chi connectivity index (χ4n) is 4.40. The van der Waals surface area contributed by atoms with Gasteiger partial charge in [-0.25, -0.2) is 4.79 Å². The Balaban J connectivity index is 1.98. The molecule has 1 aliphatic rings. The first-order valence-corrected chi connectivity index (χ1v) is 13.4. The number of nitrogens with zero attached hydrogens (tertiary/aromatic N) is 1. The molecule has 0 saturated carbocycles. The average molecular weight is 452 g/mol. The van der Waals surface area contributed by atoms with E-state index in [2.05, 4.69) is 81.5 Å². The van der Waals surface area contributed by atoms with Crippen molar-refractivity contribution in [2.24, 2.45) is 0 Å². The van der Waals surface area contributed by atoms with E-state index < -0.39 is 13.9 Å². The molecule has 1 heterocycles. The standard InChI is InChI=1S/C27H37NO3Si/c1-26(2,3)31-25(29)28-20-14-13-15-22(28)21-30-32(27(4,5)6,23-16-9-7-10-17-23)24-18-11-8-12-19-24/h7-13,15-19,22H,14,20-21H2,1-6H3/t22-/m0/s1. The third-order valence-corrected chi connectivity index (χ3v) is 10.8. The molecule has 0 spiro atoms. The zero-order valence-corrected chi connectivity index (χ0v) is 21.3. The van der Waals surface area contributed by atoms with Gasteiger partial charge in [-0.15, -0.1) is 0 Å². The number of amides is 1. The van der Waals surface area contributed by atoms with Crippen molar-refractivity contribution in [2.75, 3.05) is 13.2 Å². The van der Waals surface area contributed by atoms with E-state index in [0.29, 0.717) is 13.2 Å². The molecule has 0 aromatic heterocycles. The molecule has 0 unspecified atom stereocenters. The Bertz CT molecular complexity index is 874. The predicted molar refractivity (Wildman–Crippen MR) is 134 cm³/mol. The maximum absolute atomic E-state index is 12.9. The van der Waals surface area contributed by atoms with Gasteiger partial charge in [-0.3, -0.25) is 4.90 Å². The lowest BCUT2D eigenvalue weighted by Crippen LogP contribution is -2.67. The first-order chi connectivity index (χ1) is 15.0. The summed E-state index contributed by atoms with van der Waals surface area (Å²) in [6, 6.07) is 21.0. The van der Waals surface area contributed by atoms with E-state index >= 15 is 0 Å². The Kier molecular flexibility index (Phi) is 7.31. The van der Waals surface area contributed by atoms with Crippen LogP contribution in [0.5, 0.6) is 0 Å². The minimum atomic E-state index is -2.66. The molecule has 0 aliphatic carbocycles. The summed E-state index contributed by atoms with van der Waals surface area (Å²) in [6.45, 7) is 13.6. The highest BCUT2D eigenvalue weighted by molar-refractivity contribution is 6.99. The van der Waals surface area contributed by atoms with Crippen LogP contribution in [0.3, 0.4) is 0 Å². The van der Waals surface area contributed by atoms with Crippen molar-refractivity contribution in [1.29, 1.82) is 0 Å². The summed E-state index contributed by atoms with van der Waals surface area (Å²) in [6.07, 6.45) is 4.78. The largest absolute Gasteiger partial charge is 0.444 e. The summed E-state index contributed by atoms with van der Waals surface area (Å²) in [5.74, 6) is 0. The molecular weight excluding hydrogens is 414 g/mol. The van der Waals surface area contributed by atoms with Crippen molar-refractivity contribution < 1.29 is 14.0 Å². The fraction of sp³-hybridized carbons (Fsp3) is 0.444. The minimum Gasteiger partial charge on any atom is -0.444 e. The number of carbonyl (C=O) groups excluding carboxylic acids is 1. The molecule has 0 bridgehead atoms. The second-order valence-corrected chi connectivity index (χ2v) is 14.7. The SMILES string of the molecule is CC(C)(C)OC(=O)N1CCC=C[C@H]1CO[Si](c1ccccc1)(c1ccccc1)C(C)(C)C. The van der Waals surface area contributed by atoms with Gasteiger partial charge in [-0.2, -0.15) is 0 Å². The Morgan fingerprint density at radius 3 is 1.94 bits per heavy atom. The van der Waals surface area contributed by atoms with Crippen molar-refractivity contribution in [2.45, 2.75) is 64.6 Å². The van der Waals surface area contributed by atoms with Gasteiger partial charge in [0.05, 0.1) is 12.6 Å². The molecule has 5 heteroatoms. The zero-order chi connectivity index (χ0) is 23.4. The second-order valence-electron chi connectivity index (χ2n) is 10.4. The third kappa shape index (κ3) is 5.33. The van der Waals surface area contributed by atoms with E-state index in [0.717, 1.165) is 6.42 Å². The van der Waals surface area contributed by atoms with Gasteiger partial charge in [0.15, 0.2) is 0 Å². The first-order valence-electron chi connectivity index (χ1n) is 11.5. The van der Waals surface area contributed by atoms with Crippen molar-refractivity contribution in [3.05, 3.63) is 72.8 Å². The molecule has 2 aromatic carbocycles. The second kappa shape index (κ2) is 9.63. The maximum atomic E-state index is 12.9. The summed E-state index contributed by atoms with van der Waals surface area (Å²) < 4.78 is 12.7. The molecule has 0 fully saturated rings. The van der Waals surface area contributed by atoms with Crippen molar-refractivity contribution >= 4 is 24.8 Å². The monoisotopic (exact) mass is 451 g/mol. The van der Waals surface area contributed by atoms with Gasteiger partial charge < -0.3 is 9.16 Å². The summed E-state index contributed by atoms with van der Waals surface area (Å²) in [5.41, 5.74) is -0.526. The van der Waals surface area contributed by atoms with Gasteiger partial charge in [0, 0.05) is 6.54 Å². The number of ether oxygens (including phenoxy) is 1. The summed E-state index contributed by atoms with van der Waals surface area (Å²) in [5, 5.41) is 2.37. The summed E-state index contributed by atoms with van der Waals surface area (Å²) in [4.78, 5) is 14.7. The van der Waals surface area contributed by atoms with E-state index in [9.17, 15) is 4.79 Å². The molecule has 1 aliphatic heterocycles. The van der Waals surface area contributed by atoms with Gasteiger partial charge in [-0.05, 0) is 42.6 Å². The van der Waals surface area contributed by atoms with Crippen molar-refractivity contribution in [3.8, 4) is 0 Å². The van der Waals surface area contributed by atoms with Crippen LogP contribution in [0.1, 0.15) is 48.0 Å². The molecule has 4 nitrogen and oxygen atoms in total. The summed E-state index contributed by atoms with van der Waals surface area (Å²) >= 11 is 0. The van der Waals surface area contributed by atoms with Crippen molar-refractivity contribution in [3.63, 3.8) is 0 Å². The molecule has 1 atom stereocenters. The van der Waals surface area contributed by atoms with Crippen LogP contribution in [0.4, 0.5) is 4.79 Å². The van der Waals surface area contributed by atoms with Crippen LogP contribution in [0, 0.1) is 0 Å². The van der Waals surface area contributed by atoms with E-state index in [4.69, 9.17) is 9.16 Å². The molecule has 0 N–H and O–H groups in total. The molecule has 0 saturated heterocycles. The molecule has 32 heavy (non-hydrogen) atoms. The quantitative estimate of drug-likeness (QED) is 0.467. The zero-order valence-electron chi connectivity index (χ0n) is 20.3. The number of hydrogen-bond donors (Lipinski definition) is 0. The normalized spacial score (nSPS) is 17.3. The fourth-order valence-corrected chi connectivity index (χ4v) is 8.98.